The summed E-state index contributed by atoms with van der Waals surface area (Å²) in [6, 6.07) is 1.65. The van der Waals surface area contributed by atoms with Gasteiger partial charge >= 0.3 is 0 Å². The van der Waals surface area contributed by atoms with Crippen LogP contribution in [-0.4, -0.2) is 12.1 Å². The minimum atomic E-state index is 0.807. The van der Waals surface area contributed by atoms with Gasteiger partial charge in [0.15, 0.2) is 0 Å². The summed E-state index contributed by atoms with van der Waals surface area (Å²) >= 11 is 0. The van der Waals surface area contributed by atoms with Crippen LogP contribution in [0.5, 0.6) is 0 Å². The van der Waals surface area contributed by atoms with E-state index in [9.17, 15) is 0 Å². The molecule has 0 aromatic heterocycles. The first-order valence-electron chi connectivity index (χ1n) is 4.36. The lowest BCUT2D eigenvalue weighted by Crippen LogP contribution is -2.29. The average molecular weight is 137 g/mol. The van der Waals surface area contributed by atoms with E-state index in [1.165, 1.54) is 32.1 Å². The van der Waals surface area contributed by atoms with Crippen LogP contribution in [0.3, 0.4) is 0 Å². The number of allylic oxidation sites excluding steroid dienone is 1. The van der Waals surface area contributed by atoms with Gasteiger partial charge in [-0.25, -0.2) is 0 Å². The van der Waals surface area contributed by atoms with Crippen molar-refractivity contribution in [2.24, 2.45) is 0 Å². The molecule has 2 aliphatic heterocycles. The molecule has 56 valence electrons. The Kier molecular flexibility index (Phi) is 1.76. The predicted molar refractivity (Wildman–Crippen MR) is 42.9 cm³/mol. The molecule has 0 aliphatic carbocycles. The molecule has 2 rings (SSSR count). The van der Waals surface area contributed by atoms with Gasteiger partial charge in [0.25, 0.3) is 0 Å². The normalized spacial score (nSPS) is 42.4. The fraction of sp³-hybridized carbons (Fsp3) is 0.778. The molecule has 2 heterocycles. The summed E-state index contributed by atoms with van der Waals surface area (Å²) in [5, 5.41) is 3.64. The summed E-state index contributed by atoms with van der Waals surface area (Å²) < 4.78 is 0. The highest BCUT2D eigenvalue weighted by molar-refractivity contribution is 4.95. The third-order valence-corrected chi connectivity index (χ3v) is 2.60. The van der Waals surface area contributed by atoms with Gasteiger partial charge in [-0.1, -0.05) is 12.2 Å². The van der Waals surface area contributed by atoms with Crippen molar-refractivity contribution in [3.05, 3.63) is 12.2 Å². The van der Waals surface area contributed by atoms with E-state index in [2.05, 4.69) is 17.5 Å². The van der Waals surface area contributed by atoms with Crippen LogP contribution in [0, 0.1) is 0 Å². The molecule has 0 saturated carbocycles. The Morgan fingerprint density at radius 1 is 1.00 bits per heavy atom. The van der Waals surface area contributed by atoms with Crippen LogP contribution in [0.2, 0.25) is 0 Å². The smallest absolute Gasteiger partial charge is 0.0105 e. The number of nitrogens with one attached hydrogen (secondary N) is 1. The van der Waals surface area contributed by atoms with Crippen molar-refractivity contribution >= 4 is 0 Å². The van der Waals surface area contributed by atoms with Crippen molar-refractivity contribution in [3.63, 3.8) is 0 Å². The van der Waals surface area contributed by atoms with E-state index < -0.39 is 0 Å². The first-order valence-corrected chi connectivity index (χ1v) is 4.36. The molecule has 0 aromatic rings. The van der Waals surface area contributed by atoms with Gasteiger partial charge < -0.3 is 5.32 Å². The van der Waals surface area contributed by atoms with Gasteiger partial charge in [0, 0.05) is 12.1 Å². The highest BCUT2D eigenvalue weighted by Gasteiger charge is 2.22. The van der Waals surface area contributed by atoms with E-state index in [1.807, 2.05) is 0 Å². The van der Waals surface area contributed by atoms with Crippen LogP contribution >= 0.6 is 0 Å². The van der Waals surface area contributed by atoms with Crippen LogP contribution in [0.15, 0.2) is 12.2 Å². The Bertz CT molecular complexity index is 140. The van der Waals surface area contributed by atoms with Crippen molar-refractivity contribution in [2.75, 3.05) is 0 Å². The molecule has 1 N–H and O–H groups in total. The van der Waals surface area contributed by atoms with Gasteiger partial charge in [-0.05, 0) is 32.1 Å². The standard InChI is InChI=1S/C9H15N/c1-2-4-8-6-7-9(10-8)5-3-1/h1-2,8-10H,3-7H2/b2-1-. The maximum Gasteiger partial charge on any atom is 0.0105 e. The van der Waals surface area contributed by atoms with Gasteiger partial charge in [-0.3, -0.25) is 0 Å². The van der Waals surface area contributed by atoms with Crippen LogP contribution < -0.4 is 5.32 Å². The van der Waals surface area contributed by atoms with E-state index in [4.69, 9.17) is 0 Å². The lowest BCUT2D eigenvalue weighted by atomic mass is 10.1. The quantitative estimate of drug-likeness (QED) is 0.502. The first kappa shape index (κ1) is 6.41. The number of hydrogen-bond donors (Lipinski definition) is 1. The molecular weight excluding hydrogens is 122 g/mol. The van der Waals surface area contributed by atoms with Crippen LogP contribution in [-0.2, 0) is 0 Å². The molecule has 10 heavy (non-hydrogen) atoms. The van der Waals surface area contributed by atoms with E-state index in [0.29, 0.717) is 0 Å². The minimum absolute atomic E-state index is 0.807. The summed E-state index contributed by atoms with van der Waals surface area (Å²) in [6.07, 6.45) is 11.4. The molecule has 2 unspecified atom stereocenters. The molecule has 0 radical (unpaired) electrons. The van der Waals surface area contributed by atoms with Crippen molar-refractivity contribution in [1.29, 1.82) is 0 Å². The van der Waals surface area contributed by atoms with Crippen LogP contribution in [0.4, 0.5) is 0 Å². The number of hydrogen-bond acceptors (Lipinski definition) is 1. The molecule has 1 fully saturated rings. The second-order valence-electron chi connectivity index (χ2n) is 3.42. The zero-order valence-corrected chi connectivity index (χ0v) is 6.34. The van der Waals surface area contributed by atoms with Gasteiger partial charge in [0.1, 0.15) is 0 Å². The van der Waals surface area contributed by atoms with Gasteiger partial charge in [-0.2, -0.15) is 0 Å². The Labute approximate surface area is 62.5 Å². The molecule has 0 spiro atoms. The van der Waals surface area contributed by atoms with E-state index >= 15 is 0 Å². The topological polar surface area (TPSA) is 12.0 Å². The van der Waals surface area contributed by atoms with E-state index in [-0.39, 0.29) is 0 Å². The summed E-state index contributed by atoms with van der Waals surface area (Å²) in [6.45, 7) is 0. The maximum atomic E-state index is 3.64. The Morgan fingerprint density at radius 3 is 2.90 bits per heavy atom. The Morgan fingerprint density at radius 2 is 1.90 bits per heavy atom. The summed E-state index contributed by atoms with van der Waals surface area (Å²) in [7, 11) is 0. The lowest BCUT2D eigenvalue weighted by Gasteiger charge is -2.14. The lowest BCUT2D eigenvalue weighted by molar-refractivity contribution is 0.507. The molecule has 1 saturated heterocycles. The van der Waals surface area contributed by atoms with Gasteiger partial charge in [0.2, 0.25) is 0 Å². The second-order valence-corrected chi connectivity index (χ2v) is 3.42. The van der Waals surface area contributed by atoms with Gasteiger partial charge in [0.05, 0.1) is 0 Å². The third kappa shape index (κ3) is 1.24. The molecule has 1 heteroatoms. The molecule has 0 amide bonds. The van der Waals surface area contributed by atoms with Crippen LogP contribution in [0.25, 0.3) is 0 Å². The largest absolute Gasteiger partial charge is 0.311 e. The molecule has 1 nitrogen and oxygen atoms in total. The van der Waals surface area contributed by atoms with E-state index in [0.717, 1.165) is 12.1 Å². The highest BCUT2D eigenvalue weighted by Crippen LogP contribution is 2.21. The second kappa shape index (κ2) is 2.75. The Balaban J connectivity index is 2.01. The van der Waals surface area contributed by atoms with Crippen molar-refractivity contribution < 1.29 is 0 Å². The molecule has 2 aliphatic rings. The zero-order valence-electron chi connectivity index (χ0n) is 6.34. The average Bonchev–Trinajstić information content (AvgIpc) is 2.30. The minimum Gasteiger partial charge on any atom is -0.311 e. The first-order chi connectivity index (χ1) is 4.95. The van der Waals surface area contributed by atoms with Crippen molar-refractivity contribution in [1.82, 2.24) is 5.32 Å². The zero-order chi connectivity index (χ0) is 6.81. The molecule has 2 atom stereocenters. The number of fused-ring (bicyclic) bond motifs is 2. The SMILES string of the molecule is C1=C\CC2CCC(CC/1)N2. The predicted octanol–water partition coefficient (Wildman–Crippen LogP) is 1.85. The molecular formula is C9H15N. The maximum absolute atomic E-state index is 3.64. The van der Waals surface area contributed by atoms with E-state index in [1.54, 1.807) is 0 Å². The fourth-order valence-corrected chi connectivity index (χ4v) is 1.99. The molecule has 2 bridgehead atoms. The van der Waals surface area contributed by atoms with Crippen molar-refractivity contribution in [2.45, 2.75) is 44.2 Å². The summed E-state index contributed by atoms with van der Waals surface area (Å²) in [5.41, 5.74) is 0. The highest BCUT2D eigenvalue weighted by atomic mass is 15.0. The monoisotopic (exact) mass is 137 g/mol. The van der Waals surface area contributed by atoms with Gasteiger partial charge in [-0.15, -0.1) is 0 Å². The molecule has 0 aromatic carbocycles. The fourth-order valence-electron chi connectivity index (χ4n) is 1.99. The number of rotatable bonds is 0. The summed E-state index contributed by atoms with van der Waals surface area (Å²) in [5.74, 6) is 0. The Hall–Kier alpha value is -0.300. The summed E-state index contributed by atoms with van der Waals surface area (Å²) in [4.78, 5) is 0. The third-order valence-electron chi connectivity index (χ3n) is 2.60. The van der Waals surface area contributed by atoms with Crippen molar-refractivity contribution in [3.8, 4) is 0 Å². The van der Waals surface area contributed by atoms with Crippen LogP contribution in [0.1, 0.15) is 32.1 Å².